The Bertz CT molecular complexity index is 709. The van der Waals surface area contributed by atoms with Crippen LogP contribution in [0.3, 0.4) is 0 Å². The maximum atomic E-state index is 13.1. The van der Waals surface area contributed by atoms with Gasteiger partial charge in [-0.2, -0.15) is 0 Å². The average molecular weight is 409 g/mol. The van der Waals surface area contributed by atoms with Crippen molar-refractivity contribution in [3.05, 3.63) is 42.7 Å². The number of alkyl halides is 2. The van der Waals surface area contributed by atoms with Crippen molar-refractivity contribution < 1.29 is 13.6 Å². The van der Waals surface area contributed by atoms with E-state index in [0.29, 0.717) is 10.7 Å². The van der Waals surface area contributed by atoms with Gasteiger partial charge in [-0.25, -0.2) is 18.7 Å². The maximum Gasteiger partial charge on any atom is 0.262 e. The number of anilines is 1. The summed E-state index contributed by atoms with van der Waals surface area (Å²) in [6.45, 7) is -0.470. The van der Waals surface area contributed by atoms with Crippen LogP contribution in [0.1, 0.15) is 6.42 Å². The molecule has 1 fully saturated rings. The number of amides is 1. The van der Waals surface area contributed by atoms with Crippen LogP contribution in [-0.2, 0) is 4.79 Å². The molecule has 5 nitrogen and oxygen atoms in total. The molecule has 0 spiro atoms. The lowest BCUT2D eigenvalue weighted by molar-refractivity contribution is -0.118. The lowest BCUT2D eigenvalue weighted by Gasteiger charge is -2.11. The number of carbonyl (C=O) groups is 1. The van der Waals surface area contributed by atoms with Gasteiger partial charge in [-0.3, -0.25) is 10.1 Å². The number of hydrogen-bond donors (Lipinski definition) is 2. The number of nitrogens with zero attached hydrogens (tertiary/aromatic N) is 2. The lowest BCUT2D eigenvalue weighted by atomic mass is 10.2. The molecule has 1 aliphatic heterocycles. The zero-order chi connectivity index (χ0) is 16.3. The summed E-state index contributed by atoms with van der Waals surface area (Å²) >= 11 is 1.35. The second kappa shape index (κ2) is 9.28. The topological polar surface area (TPSA) is 66.9 Å². The maximum absolute atomic E-state index is 13.1. The van der Waals surface area contributed by atoms with Gasteiger partial charge >= 0.3 is 0 Å². The predicted molar refractivity (Wildman–Crippen MR) is 97.1 cm³/mol. The molecular formula is C15H16Cl2F2N4OS. The van der Waals surface area contributed by atoms with Crippen molar-refractivity contribution in [1.82, 2.24) is 15.3 Å². The minimum Gasteiger partial charge on any atom is -0.325 e. The summed E-state index contributed by atoms with van der Waals surface area (Å²) in [5.74, 6) is -3.30. The van der Waals surface area contributed by atoms with Gasteiger partial charge < -0.3 is 5.32 Å². The van der Waals surface area contributed by atoms with Crippen molar-refractivity contribution in [2.75, 3.05) is 11.9 Å². The number of aromatic nitrogens is 2. The Labute approximate surface area is 160 Å². The van der Waals surface area contributed by atoms with E-state index in [4.69, 9.17) is 0 Å². The third-order valence-corrected chi connectivity index (χ3v) is 4.16. The van der Waals surface area contributed by atoms with E-state index in [1.165, 1.54) is 11.8 Å². The molecular weight excluding hydrogens is 393 g/mol. The van der Waals surface area contributed by atoms with E-state index in [-0.39, 0.29) is 24.8 Å². The van der Waals surface area contributed by atoms with Crippen molar-refractivity contribution >= 4 is 48.2 Å². The second-order valence-corrected chi connectivity index (χ2v) is 6.18. The number of halogens is 4. The largest absolute Gasteiger partial charge is 0.325 e. The highest BCUT2D eigenvalue weighted by Crippen LogP contribution is 2.27. The fourth-order valence-corrected chi connectivity index (χ4v) is 2.96. The van der Waals surface area contributed by atoms with Crippen molar-refractivity contribution in [3.8, 4) is 0 Å². The fraction of sp³-hybridized carbons (Fsp3) is 0.267. The molecule has 3 rings (SSSR count). The molecule has 2 aromatic rings. The molecule has 136 valence electrons. The van der Waals surface area contributed by atoms with Gasteiger partial charge in [0.2, 0.25) is 5.91 Å². The molecule has 1 aliphatic rings. The first-order valence-corrected chi connectivity index (χ1v) is 7.80. The van der Waals surface area contributed by atoms with Gasteiger partial charge in [0.1, 0.15) is 10.1 Å². The van der Waals surface area contributed by atoms with E-state index >= 15 is 0 Å². The van der Waals surface area contributed by atoms with Gasteiger partial charge in [-0.15, -0.1) is 24.8 Å². The van der Waals surface area contributed by atoms with Crippen LogP contribution in [0.4, 0.5) is 14.5 Å². The molecule has 10 heteroatoms. The van der Waals surface area contributed by atoms with Crippen LogP contribution >= 0.6 is 36.6 Å². The Hall–Kier alpha value is -1.48. The highest BCUT2D eigenvalue weighted by molar-refractivity contribution is 7.99. The van der Waals surface area contributed by atoms with Gasteiger partial charge in [-0.1, -0.05) is 17.8 Å². The number of rotatable bonds is 4. The zero-order valence-electron chi connectivity index (χ0n) is 12.8. The standard InChI is InChI=1S/C15H14F2N4OS.2ClH/c16-15(17)8-11(20-9-15)14(22)21-10-4-6-19-13(7-10)23-12-3-1-2-5-18-12;;/h1-7,11,20H,8-9H2,(H,19,21,22);2*1H. The first kappa shape index (κ1) is 21.6. The van der Waals surface area contributed by atoms with Crippen LogP contribution in [-0.4, -0.2) is 34.4 Å². The monoisotopic (exact) mass is 408 g/mol. The normalized spacial score (nSPS) is 17.9. The molecule has 1 unspecified atom stereocenters. The first-order valence-electron chi connectivity index (χ1n) is 6.99. The first-order chi connectivity index (χ1) is 11.0. The molecule has 2 aromatic heterocycles. The van der Waals surface area contributed by atoms with Crippen LogP contribution in [0.15, 0.2) is 52.8 Å². The molecule has 25 heavy (non-hydrogen) atoms. The van der Waals surface area contributed by atoms with Crippen LogP contribution in [0.5, 0.6) is 0 Å². The molecule has 1 atom stereocenters. The summed E-state index contributed by atoms with van der Waals surface area (Å²) in [5, 5.41) is 6.60. The summed E-state index contributed by atoms with van der Waals surface area (Å²) in [6.07, 6.45) is 2.75. The third-order valence-electron chi connectivity index (χ3n) is 3.28. The van der Waals surface area contributed by atoms with Crippen molar-refractivity contribution in [1.29, 1.82) is 0 Å². The smallest absolute Gasteiger partial charge is 0.262 e. The Morgan fingerprint density at radius 3 is 2.60 bits per heavy atom. The van der Waals surface area contributed by atoms with E-state index in [1.54, 1.807) is 24.5 Å². The molecule has 3 heterocycles. The molecule has 1 saturated heterocycles. The van der Waals surface area contributed by atoms with Gasteiger partial charge in [0.05, 0.1) is 12.6 Å². The number of nitrogens with one attached hydrogen (secondary N) is 2. The molecule has 1 amide bonds. The highest BCUT2D eigenvalue weighted by Gasteiger charge is 2.42. The van der Waals surface area contributed by atoms with E-state index in [2.05, 4.69) is 20.6 Å². The summed E-state index contributed by atoms with van der Waals surface area (Å²) in [6, 6.07) is 7.95. The van der Waals surface area contributed by atoms with Gasteiger partial charge in [0.25, 0.3) is 5.92 Å². The molecule has 0 saturated carbocycles. The Balaban J connectivity index is 0.00000156. The minimum atomic E-state index is -2.83. The van der Waals surface area contributed by atoms with Gasteiger partial charge in [0.15, 0.2) is 0 Å². The molecule has 0 aliphatic carbocycles. The SMILES string of the molecule is Cl.Cl.O=C(Nc1ccnc(Sc2ccccn2)c1)C1CC(F)(F)CN1. The van der Waals surface area contributed by atoms with E-state index in [0.717, 1.165) is 5.03 Å². The Morgan fingerprint density at radius 1 is 1.20 bits per heavy atom. The van der Waals surface area contributed by atoms with Crippen molar-refractivity contribution in [2.45, 2.75) is 28.4 Å². The van der Waals surface area contributed by atoms with Crippen molar-refractivity contribution in [3.63, 3.8) is 0 Å². The molecule has 0 bridgehead atoms. The minimum absolute atomic E-state index is 0. The van der Waals surface area contributed by atoms with Crippen LogP contribution < -0.4 is 10.6 Å². The lowest BCUT2D eigenvalue weighted by Crippen LogP contribution is -2.35. The van der Waals surface area contributed by atoms with E-state index < -0.39 is 30.8 Å². The summed E-state index contributed by atoms with van der Waals surface area (Å²) in [7, 11) is 0. The number of pyridine rings is 2. The Morgan fingerprint density at radius 2 is 1.96 bits per heavy atom. The van der Waals surface area contributed by atoms with Gasteiger partial charge in [-0.05, 0) is 24.3 Å². The third kappa shape index (κ3) is 6.07. The van der Waals surface area contributed by atoms with E-state index in [1.807, 2.05) is 18.2 Å². The second-order valence-electron chi connectivity index (χ2n) is 5.14. The molecule has 0 aromatic carbocycles. The van der Waals surface area contributed by atoms with Gasteiger partial charge in [0, 0.05) is 24.5 Å². The average Bonchev–Trinajstić information content (AvgIpc) is 2.89. The zero-order valence-corrected chi connectivity index (χ0v) is 15.3. The molecule has 2 N–H and O–H groups in total. The number of carbonyl (C=O) groups excluding carboxylic acids is 1. The molecule has 0 radical (unpaired) electrons. The fourth-order valence-electron chi connectivity index (χ4n) is 2.19. The summed E-state index contributed by atoms with van der Waals surface area (Å²) in [4.78, 5) is 20.4. The Kier molecular flexibility index (Phi) is 8.01. The highest BCUT2D eigenvalue weighted by atomic mass is 35.5. The summed E-state index contributed by atoms with van der Waals surface area (Å²) < 4.78 is 26.3. The van der Waals surface area contributed by atoms with Crippen LogP contribution in [0.25, 0.3) is 0 Å². The van der Waals surface area contributed by atoms with E-state index in [9.17, 15) is 13.6 Å². The van der Waals surface area contributed by atoms with Crippen molar-refractivity contribution in [2.24, 2.45) is 0 Å². The predicted octanol–water partition coefficient (Wildman–Crippen LogP) is 3.41. The quantitative estimate of drug-likeness (QED) is 0.811. The van der Waals surface area contributed by atoms with Crippen LogP contribution in [0.2, 0.25) is 0 Å². The van der Waals surface area contributed by atoms with Crippen LogP contribution in [0, 0.1) is 0 Å². The summed E-state index contributed by atoms with van der Waals surface area (Å²) in [5.41, 5.74) is 0.514. The number of hydrogen-bond acceptors (Lipinski definition) is 5.